The van der Waals surface area contributed by atoms with Gasteiger partial charge in [0.05, 0.1) is 10.9 Å². The van der Waals surface area contributed by atoms with Gasteiger partial charge in [0.15, 0.2) is 9.84 Å². The Morgan fingerprint density at radius 2 is 1.67 bits per heavy atom. The zero-order chi connectivity index (χ0) is 26.9. The lowest BCUT2D eigenvalue weighted by molar-refractivity contribution is -0.348. The van der Waals surface area contributed by atoms with Crippen molar-refractivity contribution in [3.8, 4) is 0 Å². The van der Waals surface area contributed by atoms with Gasteiger partial charge in [-0.05, 0) is 48.6 Å². The van der Waals surface area contributed by atoms with E-state index >= 15 is 0 Å². The zero-order valence-electron chi connectivity index (χ0n) is 18.6. The van der Waals surface area contributed by atoms with Crippen LogP contribution in [0.15, 0.2) is 47.4 Å². The molecule has 1 amide bonds. The van der Waals surface area contributed by atoms with Crippen molar-refractivity contribution in [3.63, 3.8) is 0 Å². The highest BCUT2D eigenvalue weighted by Crippen LogP contribution is 2.56. The Balaban J connectivity index is 1.98. The fourth-order valence-electron chi connectivity index (χ4n) is 5.45. The van der Waals surface area contributed by atoms with Gasteiger partial charge in [0.2, 0.25) is 5.91 Å². The average Bonchev–Trinajstić information content (AvgIpc) is 3.18. The molecule has 1 aliphatic carbocycles. The molecular formula is C23H19ClF7NO3S. The Bertz CT molecular complexity index is 1310. The fourth-order valence-corrected chi connectivity index (χ4v) is 8.12. The Kier molecular flexibility index (Phi) is 6.19. The van der Waals surface area contributed by atoms with Crippen LogP contribution in [0, 0.1) is 0 Å². The second-order valence-corrected chi connectivity index (χ2v) is 11.5. The molecular weight excluding hydrogens is 539 g/mol. The quantitative estimate of drug-likeness (QED) is 0.444. The number of likely N-dealkylation sites (tertiary alicyclic amines) is 1. The summed E-state index contributed by atoms with van der Waals surface area (Å²) in [5.74, 6) is -0.430. The zero-order valence-corrected chi connectivity index (χ0v) is 20.1. The van der Waals surface area contributed by atoms with Crippen molar-refractivity contribution in [2.24, 2.45) is 0 Å². The summed E-state index contributed by atoms with van der Waals surface area (Å²) in [5, 5.41) is 0.0920. The fraction of sp³-hybridized carbons (Fsp3) is 0.435. The van der Waals surface area contributed by atoms with Gasteiger partial charge in [-0.25, -0.2) is 12.8 Å². The number of nitrogens with zero attached hydrogens (tertiary/aromatic N) is 1. The van der Waals surface area contributed by atoms with E-state index in [9.17, 15) is 43.9 Å². The lowest BCUT2D eigenvalue weighted by Gasteiger charge is -2.43. The summed E-state index contributed by atoms with van der Waals surface area (Å²) in [6.45, 7) is 1.24. The van der Waals surface area contributed by atoms with Crippen LogP contribution in [0.25, 0.3) is 0 Å². The second kappa shape index (κ2) is 8.34. The van der Waals surface area contributed by atoms with Gasteiger partial charge in [0.25, 0.3) is 0 Å². The molecule has 1 fully saturated rings. The molecule has 0 radical (unpaired) electrons. The van der Waals surface area contributed by atoms with Crippen molar-refractivity contribution in [2.45, 2.75) is 59.9 Å². The number of benzene rings is 2. The van der Waals surface area contributed by atoms with E-state index in [1.54, 1.807) is 0 Å². The van der Waals surface area contributed by atoms with Gasteiger partial charge in [0, 0.05) is 24.1 Å². The van der Waals surface area contributed by atoms with Gasteiger partial charge in [-0.1, -0.05) is 35.9 Å². The molecule has 2 aliphatic rings. The first-order valence-electron chi connectivity index (χ1n) is 10.7. The maximum Gasteiger partial charge on any atom is 0.435 e. The van der Waals surface area contributed by atoms with Crippen LogP contribution in [0.1, 0.15) is 36.5 Å². The topological polar surface area (TPSA) is 54.5 Å². The summed E-state index contributed by atoms with van der Waals surface area (Å²) in [5.41, 5.74) is -7.55. The van der Waals surface area contributed by atoms with E-state index in [1.807, 2.05) is 0 Å². The van der Waals surface area contributed by atoms with E-state index in [0.29, 0.717) is 12.1 Å². The number of aryl methyl sites for hydroxylation is 1. The predicted octanol–water partition coefficient (Wildman–Crippen LogP) is 5.87. The van der Waals surface area contributed by atoms with Crippen molar-refractivity contribution in [3.05, 3.63) is 64.2 Å². The highest BCUT2D eigenvalue weighted by molar-refractivity contribution is 7.92. The van der Waals surface area contributed by atoms with Gasteiger partial charge >= 0.3 is 18.0 Å². The number of alkyl halides is 7. The van der Waals surface area contributed by atoms with Crippen molar-refractivity contribution in [1.29, 1.82) is 0 Å². The minimum absolute atomic E-state index is 0.000855. The Morgan fingerprint density at radius 3 is 2.22 bits per heavy atom. The minimum Gasteiger partial charge on any atom is -0.338 e. The maximum absolute atomic E-state index is 14.7. The molecule has 36 heavy (non-hydrogen) atoms. The van der Waals surface area contributed by atoms with Gasteiger partial charge in [-0.3, -0.25) is 4.79 Å². The van der Waals surface area contributed by atoms with Crippen LogP contribution in [-0.4, -0.2) is 44.2 Å². The third kappa shape index (κ3) is 3.62. The summed E-state index contributed by atoms with van der Waals surface area (Å²) in [6.07, 6.45) is -13.0. The summed E-state index contributed by atoms with van der Waals surface area (Å²) in [6, 6.07) is 5.92. The number of halogens is 8. The standard InChI is InChI=1S/C23H19ClF7NO3S/c1-13(33)32-10-9-20(36(34,35)17-4-2-3-16(24)12-17)18-7-6-15(11-14(18)5-8-19(20)32)21(25,22(26,27)28)23(29,30)31/h2-4,6-7,11-12,19H,5,8-10H2,1H3. The molecule has 2 aromatic carbocycles. The SMILES string of the molecule is CC(=O)N1CCC2(S(=O)(=O)c3cccc(Cl)c3)c3ccc(C(F)(C(F)(F)F)C(F)(F)F)cc3CCC12. The number of fused-ring (bicyclic) bond motifs is 3. The van der Waals surface area contributed by atoms with E-state index < -0.39 is 50.1 Å². The Labute approximate surface area is 206 Å². The molecule has 1 aliphatic heterocycles. The van der Waals surface area contributed by atoms with Gasteiger partial charge in [0.1, 0.15) is 4.75 Å². The van der Waals surface area contributed by atoms with Crippen molar-refractivity contribution < 1.29 is 43.9 Å². The summed E-state index contributed by atoms with van der Waals surface area (Å²) in [4.78, 5) is 13.4. The number of hydrogen-bond donors (Lipinski definition) is 0. The summed E-state index contributed by atoms with van der Waals surface area (Å²) in [7, 11) is -4.38. The molecule has 4 nitrogen and oxygen atoms in total. The van der Waals surface area contributed by atoms with Gasteiger partial charge < -0.3 is 4.90 Å². The third-order valence-corrected chi connectivity index (χ3v) is 9.82. The molecule has 0 saturated carbocycles. The first-order valence-corrected chi connectivity index (χ1v) is 12.6. The molecule has 13 heteroatoms. The molecule has 0 N–H and O–H groups in total. The van der Waals surface area contributed by atoms with Crippen LogP contribution in [0.3, 0.4) is 0 Å². The molecule has 4 rings (SSSR count). The lowest BCUT2D eigenvalue weighted by Crippen LogP contribution is -2.52. The molecule has 0 bridgehead atoms. The van der Waals surface area contributed by atoms with E-state index in [1.165, 1.54) is 36.1 Å². The smallest absolute Gasteiger partial charge is 0.338 e. The van der Waals surface area contributed by atoms with Gasteiger partial charge in [-0.2, -0.15) is 26.3 Å². The second-order valence-electron chi connectivity index (χ2n) is 8.89. The van der Waals surface area contributed by atoms with Crippen LogP contribution in [-0.2, 0) is 31.5 Å². The van der Waals surface area contributed by atoms with E-state index in [0.717, 1.165) is 6.07 Å². The minimum atomic E-state index is -6.31. The van der Waals surface area contributed by atoms with E-state index in [2.05, 4.69) is 0 Å². The molecule has 2 atom stereocenters. The molecule has 196 valence electrons. The molecule has 2 aromatic rings. The number of carbonyl (C=O) groups excluding carboxylic acids is 1. The molecule has 0 spiro atoms. The van der Waals surface area contributed by atoms with Crippen LogP contribution < -0.4 is 0 Å². The van der Waals surface area contributed by atoms with Crippen LogP contribution in [0.5, 0.6) is 0 Å². The van der Waals surface area contributed by atoms with Crippen molar-refractivity contribution in [1.82, 2.24) is 4.90 Å². The maximum atomic E-state index is 14.7. The Hall–Kier alpha value is -2.34. The number of amides is 1. The van der Waals surface area contributed by atoms with Gasteiger partial charge in [-0.15, -0.1) is 0 Å². The highest BCUT2D eigenvalue weighted by atomic mass is 35.5. The van der Waals surface area contributed by atoms with Crippen molar-refractivity contribution in [2.75, 3.05) is 6.54 Å². The largest absolute Gasteiger partial charge is 0.435 e. The van der Waals surface area contributed by atoms with Crippen LogP contribution >= 0.6 is 11.6 Å². The monoisotopic (exact) mass is 557 g/mol. The van der Waals surface area contributed by atoms with Crippen molar-refractivity contribution >= 4 is 27.3 Å². The summed E-state index contributed by atoms with van der Waals surface area (Å²) >= 11 is 5.98. The highest BCUT2D eigenvalue weighted by Gasteiger charge is 2.73. The molecule has 2 unspecified atom stereocenters. The normalized spacial score (nSPS) is 22.8. The third-order valence-electron chi connectivity index (χ3n) is 7.06. The van der Waals surface area contributed by atoms with E-state index in [4.69, 9.17) is 11.6 Å². The lowest BCUT2D eigenvalue weighted by atomic mass is 9.77. The molecule has 0 aromatic heterocycles. The first kappa shape index (κ1) is 26.7. The Morgan fingerprint density at radius 1 is 1.03 bits per heavy atom. The average molecular weight is 558 g/mol. The molecule has 1 heterocycles. The molecule has 1 saturated heterocycles. The first-order chi connectivity index (χ1) is 16.5. The summed E-state index contributed by atoms with van der Waals surface area (Å²) < 4.78 is 121. The number of sulfone groups is 1. The van der Waals surface area contributed by atoms with Crippen LogP contribution in [0.2, 0.25) is 5.02 Å². The van der Waals surface area contributed by atoms with Crippen LogP contribution in [0.4, 0.5) is 30.7 Å². The predicted molar refractivity (Wildman–Crippen MR) is 116 cm³/mol. The van der Waals surface area contributed by atoms with E-state index in [-0.39, 0.29) is 46.9 Å². The number of rotatable bonds is 3. The number of carbonyl (C=O) groups is 1. The number of hydrogen-bond acceptors (Lipinski definition) is 3.